The molecule has 0 fully saturated rings. The monoisotopic (exact) mass is 394 g/mol. The summed E-state index contributed by atoms with van der Waals surface area (Å²) < 4.78 is 31.2. The number of hydrogen-bond acceptors (Lipinski definition) is 4. The molecule has 0 aromatic heterocycles. The molecule has 0 radical (unpaired) electrons. The van der Waals surface area contributed by atoms with Gasteiger partial charge in [0, 0.05) is 6.54 Å². The Bertz CT molecular complexity index is 757. The lowest BCUT2D eigenvalue weighted by Crippen LogP contribution is -2.49. The van der Waals surface area contributed by atoms with Gasteiger partial charge in [-0.2, -0.15) is 0 Å². The van der Waals surface area contributed by atoms with Gasteiger partial charge in [-0.25, -0.2) is 8.42 Å². The molecule has 0 heterocycles. The number of nitrogens with one attached hydrogen (secondary N) is 1. The normalized spacial score (nSPS) is 15.6. The quantitative estimate of drug-likeness (QED) is 0.653. The molecule has 150 valence electrons. The Labute approximate surface area is 162 Å². The Morgan fingerprint density at radius 3 is 2.48 bits per heavy atom. The summed E-state index contributed by atoms with van der Waals surface area (Å²) in [5.74, 6) is 0.362. The second-order valence-corrected chi connectivity index (χ2v) is 8.69. The summed E-state index contributed by atoms with van der Waals surface area (Å²) in [6.45, 7) is 2.34. The molecule has 1 atom stereocenters. The van der Waals surface area contributed by atoms with Crippen molar-refractivity contribution in [3.05, 3.63) is 35.9 Å². The molecule has 0 aliphatic heterocycles. The number of allylic oxidation sites excluding steroid dienone is 1. The van der Waals surface area contributed by atoms with Crippen LogP contribution in [0.2, 0.25) is 0 Å². The summed E-state index contributed by atoms with van der Waals surface area (Å²) in [6, 6.07) is 5.90. The van der Waals surface area contributed by atoms with E-state index in [4.69, 9.17) is 4.74 Å². The molecule has 2 rings (SSSR count). The highest BCUT2D eigenvalue weighted by atomic mass is 32.2. The van der Waals surface area contributed by atoms with Crippen molar-refractivity contribution < 1.29 is 17.9 Å². The van der Waals surface area contributed by atoms with Gasteiger partial charge in [0.15, 0.2) is 0 Å². The van der Waals surface area contributed by atoms with Crippen LogP contribution in [0, 0.1) is 0 Å². The Morgan fingerprint density at radius 2 is 1.96 bits per heavy atom. The maximum absolute atomic E-state index is 12.7. The maximum Gasteiger partial charge on any atom is 0.243 e. The second-order valence-electron chi connectivity index (χ2n) is 6.83. The van der Waals surface area contributed by atoms with Gasteiger partial charge in [0.25, 0.3) is 0 Å². The minimum Gasteiger partial charge on any atom is -0.497 e. The summed E-state index contributed by atoms with van der Waals surface area (Å²) in [4.78, 5) is 12.7. The highest BCUT2D eigenvalue weighted by molar-refractivity contribution is 7.92. The minimum absolute atomic E-state index is 0.268. The van der Waals surface area contributed by atoms with Crippen LogP contribution >= 0.6 is 0 Å². The molecule has 1 aromatic carbocycles. The molecule has 7 heteroatoms. The predicted octanol–water partition coefficient (Wildman–Crippen LogP) is 3.25. The van der Waals surface area contributed by atoms with Gasteiger partial charge in [0.05, 0.1) is 19.1 Å². The fraction of sp³-hybridized carbons (Fsp3) is 0.550. The van der Waals surface area contributed by atoms with Crippen molar-refractivity contribution >= 4 is 21.6 Å². The number of rotatable bonds is 9. The van der Waals surface area contributed by atoms with Crippen molar-refractivity contribution in [2.75, 3.05) is 24.2 Å². The number of carbonyl (C=O) groups excluding carboxylic acids is 1. The fourth-order valence-electron chi connectivity index (χ4n) is 3.39. The summed E-state index contributed by atoms with van der Waals surface area (Å²) in [5.41, 5.74) is 1.83. The number of nitrogens with zero attached hydrogens (tertiary/aromatic N) is 1. The smallest absolute Gasteiger partial charge is 0.243 e. The van der Waals surface area contributed by atoms with E-state index >= 15 is 0 Å². The topological polar surface area (TPSA) is 75.7 Å². The van der Waals surface area contributed by atoms with E-state index in [1.165, 1.54) is 22.7 Å². The average Bonchev–Trinajstić information content (AvgIpc) is 2.66. The molecule has 0 saturated carbocycles. The van der Waals surface area contributed by atoms with Crippen LogP contribution in [0.15, 0.2) is 35.9 Å². The number of amides is 1. The number of sulfonamides is 1. The average molecular weight is 395 g/mol. The highest BCUT2D eigenvalue weighted by Crippen LogP contribution is 2.25. The van der Waals surface area contributed by atoms with Gasteiger partial charge in [-0.1, -0.05) is 18.6 Å². The zero-order valence-electron chi connectivity index (χ0n) is 16.4. The SMILES string of the molecule is CCC(C(=O)NCCC1=CCCCC1)N(c1ccc(OC)cc1)S(C)(=O)=O. The zero-order valence-corrected chi connectivity index (χ0v) is 17.2. The Kier molecular flexibility index (Phi) is 7.71. The van der Waals surface area contributed by atoms with E-state index in [0.29, 0.717) is 24.4 Å². The van der Waals surface area contributed by atoms with Gasteiger partial charge in [0.2, 0.25) is 15.9 Å². The van der Waals surface area contributed by atoms with Gasteiger partial charge in [0.1, 0.15) is 11.8 Å². The van der Waals surface area contributed by atoms with Crippen LogP contribution in [-0.4, -0.2) is 40.3 Å². The van der Waals surface area contributed by atoms with Crippen LogP contribution in [0.1, 0.15) is 45.4 Å². The minimum atomic E-state index is -3.62. The first kappa shape index (κ1) is 21.3. The Morgan fingerprint density at radius 1 is 1.26 bits per heavy atom. The van der Waals surface area contributed by atoms with Crippen LogP contribution in [0.25, 0.3) is 0 Å². The molecule has 1 unspecified atom stereocenters. The van der Waals surface area contributed by atoms with Crippen molar-refractivity contribution in [1.29, 1.82) is 0 Å². The van der Waals surface area contributed by atoms with Crippen LogP contribution in [-0.2, 0) is 14.8 Å². The van der Waals surface area contributed by atoms with Crippen molar-refractivity contribution in [2.45, 2.75) is 51.5 Å². The van der Waals surface area contributed by atoms with Crippen LogP contribution in [0.5, 0.6) is 5.75 Å². The van der Waals surface area contributed by atoms with Crippen molar-refractivity contribution in [3.8, 4) is 5.75 Å². The van der Waals surface area contributed by atoms with Crippen molar-refractivity contribution in [3.63, 3.8) is 0 Å². The molecule has 1 aromatic rings. The molecule has 1 N–H and O–H groups in total. The van der Waals surface area contributed by atoms with Crippen LogP contribution in [0.4, 0.5) is 5.69 Å². The van der Waals surface area contributed by atoms with Crippen LogP contribution in [0.3, 0.4) is 0 Å². The molecule has 1 aliphatic rings. The predicted molar refractivity (Wildman–Crippen MR) is 109 cm³/mol. The van der Waals surface area contributed by atoms with Gasteiger partial charge in [-0.15, -0.1) is 0 Å². The molecule has 0 spiro atoms. The van der Waals surface area contributed by atoms with E-state index in [1.807, 2.05) is 6.92 Å². The summed E-state index contributed by atoms with van der Waals surface area (Å²) in [6.07, 6.45) is 9.23. The first-order valence-corrected chi connectivity index (χ1v) is 11.3. The zero-order chi connectivity index (χ0) is 19.9. The number of ether oxygens (including phenoxy) is 1. The Balaban J connectivity index is 2.11. The maximum atomic E-state index is 12.7. The third-order valence-corrected chi connectivity index (χ3v) is 5.97. The molecule has 1 aliphatic carbocycles. The van der Waals surface area contributed by atoms with Crippen LogP contribution < -0.4 is 14.4 Å². The third kappa shape index (κ3) is 5.99. The van der Waals surface area contributed by atoms with E-state index in [0.717, 1.165) is 25.5 Å². The molecule has 6 nitrogen and oxygen atoms in total. The standard InChI is InChI=1S/C20H30N2O4S/c1-4-19(20(23)21-15-14-16-8-6-5-7-9-16)22(27(3,24)25)17-10-12-18(26-2)13-11-17/h8,10-13,19H,4-7,9,14-15H2,1-3H3,(H,21,23). The van der Waals surface area contributed by atoms with Gasteiger partial charge >= 0.3 is 0 Å². The Hall–Kier alpha value is -2.02. The van der Waals surface area contributed by atoms with E-state index in [1.54, 1.807) is 31.4 Å². The van der Waals surface area contributed by atoms with Gasteiger partial charge in [-0.05, 0) is 62.8 Å². The highest BCUT2D eigenvalue weighted by Gasteiger charge is 2.31. The van der Waals surface area contributed by atoms with Gasteiger partial charge in [-0.3, -0.25) is 9.10 Å². The first-order valence-electron chi connectivity index (χ1n) is 9.46. The van der Waals surface area contributed by atoms with E-state index in [2.05, 4.69) is 11.4 Å². The number of carbonyl (C=O) groups is 1. The molecule has 0 bridgehead atoms. The number of benzene rings is 1. The largest absolute Gasteiger partial charge is 0.497 e. The molecular weight excluding hydrogens is 364 g/mol. The second kappa shape index (κ2) is 9.78. The van der Waals surface area contributed by atoms with E-state index in [9.17, 15) is 13.2 Å². The van der Waals surface area contributed by atoms with E-state index in [-0.39, 0.29) is 5.91 Å². The summed E-state index contributed by atoms with van der Waals surface area (Å²) >= 11 is 0. The molecule has 1 amide bonds. The fourth-order valence-corrected chi connectivity index (χ4v) is 4.60. The van der Waals surface area contributed by atoms with E-state index < -0.39 is 16.1 Å². The molecule has 27 heavy (non-hydrogen) atoms. The lowest BCUT2D eigenvalue weighted by Gasteiger charge is -2.30. The first-order chi connectivity index (χ1) is 12.9. The van der Waals surface area contributed by atoms with Crippen molar-refractivity contribution in [1.82, 2.24) is 5.32 Å². The number of hydrogen-bond donors (Lipinski definition) is 1. The van der Waals surface area contributed by atoms with Gasteiger partial charge < -0.3 is 10.1 Å². The molecule has 0 saturated heterocycles. The lowest BCUT2D eigenvalue weighted by atomic mass is 9.97. The molecular formula is C20H30N2O4S. The van der Waals surface area contributed by atoms with Crippen molar-refractivity contribution in [2.24, 2.45) is 0 Å². The number of methoxy groups -OCH3 is 1. The number of anilines is 1. The summed E-state index contributed by atoms with van der Waals surface area (Å²) in [7, 11) is -2.07. The lowest BCUT2D eigenvalue weighted by molar-refractivity contribution is -0.122. The summed E-state index contributed by atoms with van der Waals surface area (Å²) in [5, 5.41) is 2.92. The third-order valence-electron chi connectivity index (χ3n) is 4.79.